The number of aryl methyl sites for hydroxylation is 1. The van der Waals surface area contributed by atoms with Crippen molar-refractivity contribution in [2.24, 2.45) is 0 Å². The quantitative estimate of drug-likeness (QED) is 0.852. The fraction of sp³-hybridized carbons (Fsp3) is 0.333. The van der Waals surface area contributed by atoms with Gasteiger partial charge in [0.25, 0.3) is 0 Å². The van der Waals surface area contributed by atoms with Crippen LogP contribution in [0.1, 0.15) is 18.1 Å². The summed E-state index contributed by atoms with van der Waals surface area (Å²) in [7, 11) is -1.41. The topological polar surface area (TPSA) is 46.2 Å². The van der Waals surface area contributed by atoms with Crippen molar-refractivity contribution in [3.63, 3.8) is 0 Å². The maximum Gasteiger partial charge on any atom is 0.200 e. The maximum atomic E-state index is 11.9. The summed E-state index contributed by atoms with van der Waals surface area (Å²) in [4.78, 5) is 0.435. The monoisotopic (exact) mass is 237 g/mol. The first-order chi connectivity index (χ1) is 7.45. The molecule has 0 spiro atoms. The fourth-order valence-electron chi connectivity index (χ4n) is 1.89. The molecule has 16 heavy (non-hydrogen) atoms. The normalized spacial score (nSPS) is 19.1. The molecule has 0 saturated heterocycles. The Labute approximate surface area is 96.1 Å². The highest BCUT2D eigenvalue weighted by atomic mass is 32.2. The third-order valence-electron chi connectivity index (χ3n) is 2.94. The van der Waals surface area contributed by atoms with E-state index in [-0.39, 0.29) is 6.04 Å². The van der Waals surface area contributed by atoms with Crippen molar-refractivity contribution in [3.05, 3.63) is 34.7 Å². The summed E-state index contributed by atoms with van der Waals surface area (Å²) in [5.74, 6) is 0. The lowest BCUT2D eigenvalue weighted by molar-refractivity contribution is 0.605. The molecule has 0 aromatic heterocycles. The zero-order chi connectivity index (χ0) is 11.9. The second kappa shape index (κ2) is 3.71. The molecule has 1 aliphatic heterocycles. The number of fused-ring (bicyclic) bond motifs is 1. The van der Waals surface area contributed by atoms with Gasteiger partial charge in [-0.3, -0.25) is 0 Å². The van der Waals surface area contributed by atoms with Gasteiger partial charge in [0.15, 0.2) is 0 Å². The highest BCUT2D eigenvalue weighted by molar-refractivity contribution is 7.95. The molecule has 3 nitrogen and oxygen atoms in total. The zero-order valence-electron chi connectivity index (χ0n) is 9.61. The van der Waals surface area contributed by atoms with Crippen molar-refractivity contribution in [2.75, 3.05) is 7.05 Å². The van der Waals surface area contributed by atoms with E-state index in [1.807, 2.05) is 33.0 Å². The summed E-state index contributed by atoms with van der Waals surface area (Å²) < 4.78 is 23.9. The van der Waals surface area contributed by atoms with Gasteiger partial charge in [0, 0.05) is 11.4 Å². The van der Waals surface area contributed by atoms with Crippen LogP contribution in [0.3, 0.4) is 0 Å². The molecule has 2 rings (SSSR count). The molecule has 0 aliphatic carbocycles. The Balaban J connectivity index is 2.65. The number of hydrogen-bond donors (Lipinski definition) is 1. The molecule has 0 radical (unpaired) electrons. The van der Waals surface area contributed by atoms with Crippen LogP contribution in [0.4, 0.5) is 0 Å². The molecule has 0 saturated carbocycles. The van der Waals surface area contributed by atoms with E-state index in [2.05, 4.69) is 5.32 Å². The van der Waals surface area contributed by atoms with Gasteiger partial charge in [-0.05, 0) is 43.7 Å². The standard InChI is InChI=1S/C12H15NO2S/c1-8-4-5-10-11(9(2)13-3)7-16(14,15)12(10)6-8/h4-7,9,13H,1-3H3. The average Bonchev–Trinajstić information content (AvgIpc) is 2.50. The predicted octanol–water partition coefficient (Wildman–Crippen LogP) is 1.73. The van der Waals surface area contributed by atoms with Gasteiger partial charge in [0.2, 0.25) is 9.84 Å². The van der Waals surface area contributed by atoms with E-state index in [1.54, 1.807) is 6.07 Å². The SMILES string of the molecule is CNC(C)C1=CS(=O)(=O)c2cc(C)ccc21. The lowest BCUT2D eigenvalue weighted by Crippen LogP contribution is -2.22. The van der Waals surface area contributed by atoms with Crippen molar-refractivity contribution in [2.45, 2.75) is 24.8 Å². The minimum absolute atomic E-state index is 0.0405. The van der Waals surface area contributed by atoms with E-state index in [4.69, 9.17) is 0 Å². The van der Waals surface area contributed by atoms with Gasteiger partial charge in [-0.2, -0.15) is 0 Å². The number of rotatable bonds is 2. The van der Waals surface area contributed by atoms with Gasteiger partial charge < -0.3 is 5.32 Å². The molecule has 0 bridgehead atoms. The Morgan fingerprint density at radius 2 is 2.00 bits per heavy atom. The van der Waals surface area contributed by atoms with Gasteiger partial charge in [-0.25, -0.2) is 8.42 Å². The van der Waals surface area contributed by atoms with Crippen molar-refractivity contribution in [1.29, 1.82) is 0 Å². The van der Waals surface area contributed by atoms with Crippen LogP contribution in [0, 0.1) is 6.92 Å². The smallest absolute Gasteiger partial charge is 0.200 e. The van der Waals surface area contributed by atoms with E-state index in [0.717, 1.165) is 16.7 Å². The van der Waals surface area contributed by atoms with E-state index in [9.17, 15) is 8.42 Å². The Bertz CT molecular complexity index is 558. The van der Waals surface area contributed by atoms with Gasteiger partial charge in [-0.1, -0.05) is 12.1 Å². The number of nitrogens with one attached hydrogen (secondary N) is 1. The van der Waals surface area contributed by atoms with Crippen molar-refractivity contribution >= 4 is 15.4 Å². The van der Waals surface area contributed by atoms with Crippen molar-refractivity contribution in [3.8, 4) is 0 Å². The molecule has 1 atom stereocenters. The minimum atomic E-state index is -3.23. The first-order valence-corrected chi connectivity index (χ1v) is 6.75. The molecule has 0 amide bonds. The van der Waals surface area contributed by atoms with Crippen LogP contribution < -0.4 is 5.32 Å². The average molecular weight is 237 g/mol. The number of hydrogen-bond acceptors (Lipinski definition) is 3. The summed E-state index contributed by atoms with van der Waals surface area (Å²) in [5, 5.41) is 4.44. The Hall–Kier alpha value is -1.13. The van der Waals surface area contributed by atoms with Gasteiger partial charge in [0.05, 0.1) is 4.90 Å². The second-order valence-electron chi connectivity index (χ2n) is 4.13. The summed E-state index contributed by atoms with van der Waals surface area (Å²) in [6.45, 7) is 3.85. The summed E-state index contributed by atoms with van der Waals surface area (Å²) in [6, 6.07) is 5.60. The van der Waals surface area contributed by atoms with E-state index in [0.29, 0.717) is 4.90 Å². The molecular formula is C12H15NO2S. The van der Waals surface area contributed by atoms with E-state index >= 15 is 0 Å². The third kappa shape index (κ3) is 1.68. The zero-order valence-corrected chi connectivity index (χ0v) is 10.4. The second-order valence-corrected chi connectivity index (χ2v) is 5.89. The number of benzene rings is 1. The van der Waals surface area contributed by atoms with Crippen molar-refractivity contribution in [1.82, 2.24) is 5.32 Å². The molecule has 1 N–H and O–H groups in total. The lowest BCUT2D eigenvalue weighted by Gasteiger charge is -2.12. The minimum Gasteiger partial charge on any atom is -0.313 e. The third-order valence-corrected chi connectivity index (χ3v) is 4.45. The Morgan fingerprint density at radius 1 is 1.31 bits per heavy atom. The van der Waals surface area contributed by atoms with Crippen molar-refractivity contribution < 1.29 is 8.42 Å². The lowest BCUT2D eigenvalue weighted by atomic mass is 10.0. The maximum absolute atomic E-state index is 11.9. The largest absolute Gasteiger partial charge is 0.313 e. The number of sulfone groups is 1. The number of likely N-dealkylation sites (N-methyl/N-ethyl adjacent to an activating group) is 1. The Kier molecular flexibility index (Phi) is 2.64. The summed E-state index contributed by atoms with van der Waals surface area (Å²) in [5.41, 5.74) is 2.64. The predicted molar refractivity (Wildman–Crippen MR) is 64.9 cm³/mol. The van der Waals surface area contributed by atoms with Crippen LogP contribution in [-0.4, -0.2) is 21.5 Å². The van der Waals surface area contributed by atoms with Gasteiger partial charge >= 0.3 is 0 Å². The van der Waals surface area contributed by atoms with Gasteiger partial charge in [-0.15, -0.1) is 0 Å². The molecule has 4 heteroatoms. The summed E-state index contributed by atoms with van der Waals surface area (Å²) >= 11 is 0. The Morgan fingerprint density at radius 3 is 2.62 bits per heavy atom. The van der Waals surface area contributed by atoms with Crippen LogP contribution >= 0.6 is 0 Å². The molecule has 1 aromatic rings. The summed E-state index contributed by atoms with van der Waals surface area (Å²) in [6.07, 6.45) is 0. The highest BCUT2D eigenvalue weighted by Gasteiger charge is 2.28. The van der Waals surface area contributed by atoms with Crippen LogP contribution in [0.2, 0.25) is 0 Å². The van der Waals surface area contributed by atoms with Crippen LogP contribution in [0.5, 0.6) is 0 Å². The highest BCUT2D eigenvalue weighted by Crippen LogP contribution is 2.35. The van der Waals surface area contributed by atoms with Crippen LogP contribution in [0.25, 0.3) is 5.57 Å². The molecule has 1 heterocycles. The molecule has 86 valence electrons. The van der Waals surface area contributed by atoms with Crippen LogP contribution in [-0.2, 0) is 9.84 Å². The molecule has 0 fully saturated rings. The van der Waals surface area contributed by atoms with E-state index < -0.39 is 9.84 Å². The first-order valence-electron chi connectivity index (χ1n) is 5.20. The van der Waals surface area contributed by atoms with Gasteiger partial charge in [0.1, 0.15) is 0 Å². The molecular weight excluding hydrogens is 222 g/mol. The fourth-order valence-corrected chi connectivity index (χ4v) is 3.52. The molecule has 1 aromatic carbocycles. The van der Waals surface area contributed by atoms with Crippen LogP contribution in [0.15, 0.2) is 28.5 Å². The molecule has 1 aliphatic rings. The first kappa shape index (κ1) is 11.4. The molecule has 1 unspecified atom stereocenters. The van der Waals surface area contributed by atoms with E-state index in [1.165, 1.54) is 5.41 Å².